The van der Waals surface area contributed by atoms with Gasteiger partial charge >= 0.3 is 5.97 Å². The van der Waals surface area contributed by atoms with Crippen LogP contribution in [0, 0.1) is 0 Å². The quantitative estimate of drug-likeness (QED) is 0.554. The summed E-state index contributed by atoms with van der Waals surface area (Å²) < 4.78 is 25.3. The Morgan fingerprint density at radius 1 is 1.23 bits per heavy atom. The van der Waals surface area contributed by atoms with Gasteiger partial charge in [-0.25, -0.2) is 13.1 Å². The molecular weight excluding hydrogens is 328 g/mol. The first kappa shape index (κ1) is 18.6. The van der Waals surface area contributed by atoms with Gasteiger partial charge in [-0.15, -0.1) is 11.3 Å². The van der Waals surface area contributed by atoms with Crippen molar-refractivity contribution in [2.45, 2.75) is 37.0 Å². The summed E-state index contributed by atoms with van der Waals surface area (Å²) in [4.78, 5) is 22.6. The smallest absolute Gasteiger partial charge is 0.303 e. The number of hydrogen-bond donors (Lipinski definition) is 3. The van der Waals surface area contributed by atoms with Gasteiger partial charge in [-0.2, -0.15) is 0 Å². The monoisotopic (exact) mass is 348 g/mol. The lowest BCUT2D eigenvalue weighted by molar-refractivity contribution is -0.137. The van der Waals surface area contributed by atoms with E-state index in [1.165, 1.54) is 18.5 Å². The highest BCUT2D eigenvalue weighted by Gasteiger charge is 2.16. The number of thiophene rings is 1. The van der Waals surface area contributed by atoms with Crippen molar-refractivity contribution in [1.29, 1.82) is 0 Å². The average Bonchev–Trinajstić information content (AvgIpc) is 2.96. The molecule has 0 aliphatic heterocycles. The number of amides is 1. The number of aliphatic carboxylic acids is 1. The van der Waals surface area contributed by atoms with Crippen molar-refractivity contribution in [2.24, 2.45) is 0 Å². The summed E-state index contributed by atoms with van der Waals surface area (Å²) in [5.41, 5.74) is 0. The summed E-state index contributed by atoms with van der Waals surface area (Å²) in [5, 5.41) is 12.6. The molecule has 22 heavy (non-hydrogen) atoms. The van der Waals surface area contributed by atoms with Gasteiger partial charge in [0.2, 0.25) is 10.0 Å². The van der Waals surface area contributed by atoms with Crippen LogP contribution in [0.15, 0.2) is 16.3 Å². The summed E-state index contributed by atoms with van der Waals surface area (Å²) in [6, 6.07) is 1.35. The molecule has 0 unspecified atom stereocenters. The van der Waals surface area contributed by atoms with Crippen LogP contribution < -0.4 is 10.0 Å². The number of nitrogens with one attached hydrogen (secondary N) is 2. The summed E-state index contributed by atoms with van der Waals surface area (Å²) in [7, 11) is -2.20. The van der Waals surface area contributed by atoms with Gasteiger partial charge in [0.15, 0.2) is 0 Å². The van der Waals surface area contributed by atoms with Crippen molar-refractivity contribution in [1.82, 2.24) is 10.0 Å². The SMILES string of the molecule is CNS(=O)(=O)c1csc(C(=O)NCCCCCCC(=O)O)c1. The van der Waals surface area contributed by atoms with E-state index in [0.717, 1.165) is 30.6 Å². The largest absolute Gasteiger partial charge is 0.481 e. The molecule has 124 valence electrons. The second-order valence-corrected chi connectivity index (χ2v) is 7.47. The molecule has 1 aromatic rings. The van der Waals surface area contributed by atoms with Crippen molar-refractivity contribution in [3.8, 4) is 0 Å². The molecule has 1 heterocycles. The Hall–Kier alpha value is -1.45. The van der Waals surface area contributed by atoms with E-state index in [2.05, 4.69) is 10.0 Å². The number of carboxylic acid groups (broad SMARTS) is 1. The predicted octanol–water partition coefficient (Wildman–Crippen LogP) is 1.42. The van der Waals surface area contributed by atoms with Crippen LogP contribution >= 0.6 is 11.3 Å². The van der Waals surface area contributed by atoms with Crippen molar-refractivity contribution >= 4 is 33.2 Å². The van der Waals surface area contributed by atoms with Crippen LogP contribution in [0.5, 0.6) is 0 Å². The Balaban J connectivity index is 2.30. The first-order chi connectivity index (χ1) is 10.4. The Kier molecular flexibility index (Phi) is 7.49. The molecule has 1 amide bonds. The van der Waals surface area contributed by atoms with Gasteiger partial charge < -0.3 is 10.4 Å². The zero-order valence-electron chi connectivity index (χ0n) is 12.3. The molecule has 3 N–H and O–H groups in total. The lowest BCUT2D eigenvalue weighted by Crippen LogP contribution is -2.23. The average molecular weight is 348 g/mol. The summed E-state index contributed by atoms with van der Waals surface area (Å²) in [6.45, 7) is 0.484. The van der Waals surface area contributed by atoms with Crippen LogP contribution in [0.4, 0.5) is 0 Å². The second-order valence-electron chi connectivity index (χ2n) is 4.67. The molecule has 7 nitrogen and oxygen atoms in total. The highest BCUT2D eigenvalue weighted by atomic mass is 32.2. The van der Waals surface area contributed by atoms with Crippen molar-refractivity contribution < 1.29 is 23.1 Å². The second kappa shape index (κ2) is 8.86. The van der Waals surface area contributed by atoms with Gasteiger partial charge in [0.25, 0.3) is 5.91 Å². The van der Waals surface area contributed by atoms with Gasteiger partial charge in [-0.05, 0) is 26.0 Å². The maximum atomic E-state index is 11.9. The molecule has 1 rings (SSSR count). The lowest BCUT2D eigenvalue weighted by Gasteiger charge is -2.03. The molecule has 1 aromatic heterocycles. The molecule has 0 radical (unpaired) electrons. The van der Waals surface area contributed by atoms with Gasteiger partial charge in [0.1, 0.15) is 0 Å². The third-order valence-corrected chi connectivity index (χ3v) is 5.45. The van der Waals surface area contributed by atoms with E-state index >= 15 is 0 Å². The molecule has 0 spiro atoms. The normalized spacial score (nSPS) is 11.3. The van der Waals surface area contributed by atoms with E-state index in [9.17, 15) is 18.0 Å². The maximum absolute atomic E-state index is 11.9. The molecule has 0 aliphatic carbocycles. The minimum absolute atomic E-state index is 0.0822. The van der Waals surface area contributed by atoms with Crippen LogP contribution in [-0.2, 0) is 14.8 Å². The third-order valence-electron chi connectivity index (χ3n) is 2.98. The van der Waals surface area contributed by atoms with Crippen LogP contribution in [0.2, 0.25) is 0 Å². The van der Waals surface area contributed by atoms with Gasteiger partial charge in [-0.3, -0.25) is 9.59 Å². The first-order valence-corrected chi connectivity index (χ1v) is 9.25. The Morgan fingerprint density at radius 2 is 1.91 bits per heavy atom. The Bertz CT molecular complexity index is 610. The first-order valence-electron chi connectivity index (χ1n) is 6.89. The zero-order chi connectivity index (χ0) is 16.6. The van der Waals surface area contributed by atoms with Gasteiger partial charge in [-0.1, -0.05) is 12.8 Å². The molecule has 0 bridgehead atoms. The standard InChI is InChI=1S/C13H20N2O5S2/c1-14-22(19,20)10-8-11(21-9-10)13(18)15-7-5-3-2-4-6-12(16)17/h8-9,14H,2-7H2,1H3,(H,15,18)(H,16,17). The van der Waals surface area contributed by atoms with E-state index in [1.54, 1.807) is 0 Å². The predicted molar refractivity (Wildman–Crippen MR) is 83.6 cm³/mol. The number of carbonyl (C=O) groups excluding carboxylic acids is 1. The summed E-state index contributed by atoms with van der Waals surface area (Å²) in [5.74, 6) is -1.09. The lowest BCUT2D eigenvalue weighted by atomic mass is 10.1. The molecule has 0 aliphatic rings. The highest BCUT2D eigenvalue weighted by Crippen LogP contribution is 2.18. The van der Waals surface area contributed by atoms with Crippen LogP contribution in [0.25, 0.3) is 0 Å². The van der Waals surface area contributed by atoms with Crippen molar-refractivity contribution in [3.63, 3.8) is 0 Å². The number of rotatable bonds is 10. The number of unbranched alkanes of at least 4 members (excludes halogenated alkanes) is 3. The molecule has 0 atom stereocenters. The molecule has 0 fully saturated rings. The topological polar surface area (TPSA) is 113 Å². The minimum atomic E-state index is -3.52. The van der Waals surface area contributed by atoms with E-state index in [1.807, 2.05) is 0 Å². The number of carbonyl (C=O) groups is 2. The zero-order valence-corrected chi connectivity index (χ0v) is 13.9. The van der Waals surface area contributed by atoms with E-state index in [4.69, 9.17) is 5.11 Å². The van der Waals surface area contributed by atoms with E-state index in [0.29, 0.717) is 17.8 Å². The minimum Gasteiger partial charge on any atom is -0.481 e. The molecule has 0 aromatic carbocycles. The summed E-state index contributed by atoms with van der Waals surface area (Å²) >= 11 is 1.08. The summed E-state index contributed by atoms with van der Waals surface area (Å²) in [6.07, 6.45) is 3.23. The van der Waals surface area contributed by atoms with E-state index in [-0.39, 0.29) is 17.2 Å². The molecular formula is C13H20N2O5S2. The number of sulfonamides is 1. The van der Waals surface area contributed by atoms with Crippen LogP contribution in [-0.4, -0.2) is 39.0 Å². The van der Waals surface area contributed by atoms with Gasteiger partial charge in [0, 0.05) is 18.3 Å². The van der Waals surface area contributed by atoms with Crippen molar-refractivity contribution in [2.75, 3.05) is 13.6 Å². The Morgan fingerprint density at radius 3 is 2.55 bits per heavy atom. The fourth-order valence-electron chi connectivity index (χ4n) is 1.74. The van der Waals surface area contributed by atoms with E-state index < -0.39 is 16.0 Å². The highest BCUT2D eigenvalue weighted by molar-refractivity contribution is 7.89. The number of carboxylic acids is 1. The fourth-order valence-corrected chi connectivity index (χ4v) is 3.66. The number of hydrogen-bond acceptors (Lipinski definition) is 5. The maximum Gasteiger partial charge on any atom is 0.303 e. The Labute approximate surface area is 133 Å². The van der Waals surface area contributed by atoms with Gasteiger partial charge in [0.05, 0.1) is 9.77 Å². The van der Waals surface area contributed by atoms with Crippen molar-refractivity contribution in [3.05, 3.63) is 16.3 Å². The molecule has 0 saturated heterocycles. The van der Waals surface area contributed by atoms with Crippen LogP contribution in [0.3, 0.4) is 0 Å². The van der Waals surface area contributed by atoms with Crippen LogP contribution in [0.1, 0.15) is 41.8 Å². The molecule has 0 saturated carbocycles. The fraction of sp³-hybridized carbons (Fsp3) is 0.538. The molecule has 9 heteroatoms. The third kappa shape index (κ3) is 6.12.